The predicted octanol–water partition coefficient (Wildman–Crippen LogP) is 3.75. The van der Waals surface area contributed by atoms with Gasteiger partial charge in [0.1, 0.15) is 35.6 Å². The molecule has 234 valence electrons. The Morgan fingerprint density at radius 1 is 1.24 bits per heavy atom. The summed E-state index contributed by atoms with van der Waals surface area (Å²) in [4.78, 5) is 17.6. The first-order valence-corrected chi connectivity index (χ1v) is 16.8. The number of rotatable bonds is 7. The Kier molecular flexibility index (Phi) is 7.26. The lowest BCUT2D eigenvalue weighted by Gasteiger charge is -2.31. The van der Waals surface area contributed by atoms with Gasteiger partial charge in [0.2, 0.25) is 10.0 Å². The molecule has 3 aliphatic heterocycles. The zero-order valence-corrected chi connectivity index (χ0v) is 25.4. The maximum absolute atomic E-state index is 16.7. The fourth-order valence-electron chi connectivity index (χ4n) is 7.23. The highest BCUT2D eigenvalue weighted by Crippen LogP contribution is 2.41. The molecule has 0 spiro atoms. The van der Waals surface area contributed by atoms with Crippen LogP contribution in [0.15, 0.2) is 36.5 Å². The topological polar surface area (TPSA) is 121 Å². The van der Waals surface area contributed by atoms with Gasteiger partial charge in [0.05, 0.1) is 17.2 Å². The number of nitrogens with one attached hydrogen (secondary N) is 1. The highest BCUT2D eigenvalue weighted by molar-refractivity contribution is 7.88. The van der Waals surface area contributed by atoms with E-state index in [4.69, 9.17) is 11.2 Å². The zero-order chi connectivity index (χ0) is 31.5. The van der Waals surface area contributed by atoms with E-state index in [9.17, 15) is 17.9 Å². The quantitative estimate of drug-likeness (QED) is 0.293. The Morgan fingerprint density at radius 3 is 2.89 bits per heavy atom. The monoisotopic (exact) mass is 634 g/mol. The number of benzene rings is 2. The second kappa shape index (κ2) is 11.0. The molecule has 3 saturated heterocycles. The molecule has 3 fully saturated rings. The first kappa shape index (κ1) is 29.6. The van der Waals surface area contributed by atoms with Gasteiger partial charge in [0, 0.05) is 54.8 Å². The smallest absolute Gasteiger partial charge is 0.319 e. The molecule has 13 heteroatoms. The number of ether oxygens (including phenoxy) is 1. The van der Waals surface area contributed by atoms with Crippen molar-refractivity contribution < 1.29 is 27.0 Å². The Labute approximate surface area is 259 Å². The third-order valence-electron chi connectivity index (χ3n) is 9.12. The van der Waals surface area contributed by atoms with Crippen molar-refractivity contribution in [2.24, 2.45) is 0 Å². The van der Waals surface area contributed by atoms with Crippen LogP contribution in [-0.4, -0.2) is 90.2 Å². The van der Waals surface area contributed by atoms with Gasteiger partial charge in [0.15, 0.2) is 5.82 Å². The number of fused-ring (bicyclic) bond motifs is 3. The minimum absolute atomic E-state index is 0.0511. The first-order valence-electron chi connectivity index (χ1n) is 14.9. The Hall–Kier alpha value is -4.12. The minimum atomic E-state index is -3.44. The van der Waals surface area contributed by atoms with Crippen molar-refractivity contribution in [1.82, 2.24) is 24.6 Å². The number of phenolic OH excluding ortho intramolecular Hbond substituents is 1. The molecule has 3 atom stereocenters. The molecule has 0 saturated carbocycles. The van der Waals surface area contributed by atoms with Gasteiger partial charge in [-0.3, -0.25) is 9.88 Å². The standard InChI is InChI=1S/C32H32F2N6O4S/c1-3-19-6-4-7-20-12-23(41)13-24(26(19)20)28-27(34)29-25(15-35-28)30(39-11-8-22(17-39)38-45(2,42)43)37-31(36-29)44-18-32-9-5-10-40(32)16-21(33)14-32/h1,4,6-7,12-13,15,21-22,38,41H,5,8-11,14,16-18H2,2H3/t21-,22?,32+/m1/s1. The molecule has 3 aliphatic rings. The average molecular weight is 635 g/mol. The van der Waals surface area contributed by atoms with Crippen LogP contribution in [0.25, 0.3) is 32.9 Å². The molecule has 4 aromatic rings. The van der Waals surface area contributed by atoms with Crippen LogP contribution in [0.4, 0.5) is 14.6 Å². The van der Waals surface area contributed by atoms with Gasteiger partial charge in [-0.2, -0.15) is 9.97 Å². The van der Waals surface area contributed by atoms with Crippen LogP contribution in [0.2, 0.25) is 0 Å². The van der Waals surface area contributed by atoms with Crippen LogP contribution in [-0.2, 0) is 10.0 Å². The molecule has 0 bridgehead atoms. The molecule has 2 N–H and O–H groups in total. The van der Waals surface area contributed by atoms with E-state index >= 15 is 4.39 Å². The number of pyridine rings is 1. The summed E-state index contributed by atoms with van der Waals surface area (Å²) in [5.74, 6) is 2.15. The highest BCUT2D eigenvalue weighted by atomic mass is 32.2. The number of anilines is 1. The zero-order valence-electron chi connectivity index (χ0n) is 24.6. The van der Waals surface area contributed by atoms with Crippen LogP contribution < -0.4 is 14.4 Å². The number of phenols is 1. The van der Waals surface area contributed by atoms with Gasteiger partial charge in [-0.05, 0) is 49.4 Å². The average Bonchev–Trinajstić information content (AvgIpc) is 3.68. The number of halogens is 2. The predicted molar refractivity (Wildman–Crippen MR) is 167 cm³/mol. The summed E-state index contributed by atoms with van der Waals surface area (Å²) in [6.07, 6.45) is 10.00. The fourth-order valence-corrected chi connectivity index (χ4v) is 8.03. The van der Waals surface area contributed by atoms with Gasteiger partial charge >= 0.3 is 6.01 Å². The molecule has 10 nitrogen and oxygen atoms in total. The lowest BCUT2D eigenvalue weighted by atomic mass is 9.95. The first-order chi connectivity index (χ1) is 21.5. The second-order valence-corrected chi connectivity index (χ2v) is 14.0. The largest absolute Gasteiger partial charge is 0.508 e. The van der Waals surface area contributed by atoms with E-state index in [1.807, 2.05) is 4.90 Å². The second-order valence-electron chi connectivity index (χ2n) is 12.2. The molecular formula is C32H32F2N6O4S. The third-order valence-corrected chi connectivity index (χ3v) is 9.88. The van der Waals surface area contributed by atoms with Crippen molar-refractivity contribution in [1.29, 1.82) is 0 Å². The summed E-state index contributed by atoms with van der Waals surface area (Å²) in [6.45, 7) is 2.05. The van der Waals surface area contributed by atoms with Crippen molar-refractivity contribution in [2.75, 3.05) is 43.9 Å². The Bertz CT molecular complexity index is 1990. The van der Waals surface area contributed by atoms with E-state index in [0.717, 1.165) is 25.6 Å². The van der Waals surface area contributed by atoms with Crippen molar-refractivity contribution in [3.05, 3.63) is 47.9 Å². The van der Waals surface area contributed by atoms with E-state index in [0.29, 0.717) is 65.6 Å². The van der Waals surface area contributed by atoms with E-state index < -0.39 is 27.6 Å². The van der Waals surface area contributed by atoms with Crippen LogP contribution in [0.1, 0.15) is 31.2 Å². The van der Waals surface area contributed by atoms with Gasteiger partial charge < -0.3 is 14.7 Å². The molecule has 0 aliphatic carbocycles. The molecule has 0 amide bonds. The van der Waals surface area contributed by atoms with Gasteiger partial charge in [-0.15, -0.1) is 6.42 Å². The summed E-state index contributed by atoms with van der Waals surface area (Å²) >= 11 is 0. The summed E-state index contributed by atoms with van der Waals surface area (Å²) in [7, 11) is -3.44. The SMILES string of the molecule is C#Cc1cccc2cc(O)cc(-c3ncc4c(N5CCC(NS(C)(=O)=O)C5)nc(OC[C@@]56CCCN5C[C@H](F)C6)nc4c3F)c12. The molecule has 0 radical (unpaired) electrons. The number of terminal acetylenes is 1. The number of hydrogen-bond donors (Lipinski definition) is 2. The van der Waals surface area contributed by atoms with Crippen LogP contribution >= 0.6 is 0 Å². The van der Waals surface area contributed by atoms with Crippen molar-refractivity contribution in [3.63, 3.8) is 0 Å². The molecule has 5 heterocycles. The summed E-state index contributed by atoms with van der Waals surface area (Å²) in [6, 6.07) is 7.81. The van der Waals surface area contributed by atoms with E-state index in [-0.39, 0.29) is 35.6 Å². The lowest BCUT2D eigenvalue weighted by molar-refractivity contribution is 0.107. The van der Waals surface area contributed by atoms with Gasteiger partial charge in [0.25, 0.3) is 0 Å². The molecular weight excluding hydrogens is 602 g/mol. The molecule has 1 unspecified atom stereocenters. The summed E-state index contributed by atoms with van der Waals surface area (Å²) in [5, 5.41) is 12.0. The van der Waals surface area contributed by atoms with E-state index in [1.54, 1.807) is 24.3 Å². The van der Waals surface area contributed by atoms with Crippen molar-refractivity contribution >= 4 is 37.5 Å². The summed E-state index contributed by atoms with van der Waals surface area (Å²) < 4.78 is 63.7. The molecule has 45 heavy (non-hydrogen) atoms. The summed E-state index contributed by atoms with van der Waals surface area (Å²) in [5.41, 5.74) is 0.242. The Morgan fingerprint density at radius 2 is 2.09 bits per heavy atom. The molecule has 2 aromatic heterocycles. The third kappa shape index (κ3) is 5.41. The normalized spacial score (nSPS) is 23.6. The van der Waals surface area contributed by atoms with Gasteiger partial charge in [-0.1, -0.05) is 18.1 Å². The van der Waals surface area contributed by atoms with Crippen LogP contribution in [0.5, 0.6) is 11.8 Å². The van der Waals surface area contributed by atoms with Crippen LogP contribution in [0.3, 0.4) is 0 Å². The number of hydrogen-bond acceptors (Lipinski definition) is 9. The van der Waals surface area contributed by atoms with E-state index in [2.05, 4.69) is 30.5 Å². The lowest BCUT2D eigenvalue weighted by Crippen LogP contribution is -2.43. The highest BCUT2D eigenvalue weighted by Gasteiger charge is 2.49. The maximum Gasteiger partial charge on any atom is 0.319 e. The van der Waals surface area contributed by atoms with Crippen molar-refractivity contribution in [2.45, 2.75) is 43.4 Å². The number of sulfonamides is 1. The number of alkyl halides is 1. The van der Waals surface area contributed by atoms with E-state index in [1.165, 1.54) is 12.3 Å². The Balaban J connectivity index is 1.35. The fraction of sp³-hybridized carbons (Fsp3) is 0.406. The molecule has 7 rings (SSSR count). The number of aromatic nitrogens is 3. The van der Waals surface area contributed by atoms with Gasteiger partial charge in [-0.25, -0.2) is 21.9 Å². The van der Waals surface area contributed by atoms with Crippen LogP contribution in [0, 0.1) is 18.2 Å². The number of aromatic hydroxyl groups is 1. The maximum atomic E-state index is 16.7. The molecule has 2 aromatic carbocycles. The number of nitrogens with zero attached hydrogens (tertiary/aromatic N) is 5. The van der Waals surface area contributed by atoms with Crippen molar-refractivity contribution in [3.8, 4) is 35.4 Å². The minimum Gasteiger partial charge on any atom is -0.508 e.